The summed E-state index contributed by atoms with van der Waals surface area (Å²) in [7, 11) is 0.443. The highest BCUT2D eigenvalue weighted by molar-refractivity contribution is 7.89. The predicted octanol–water partition coefficient (Wildman–Crippen LogP) is 1.18. The highest BCUT2D eigenvalue weighted by Crippen LogP contribution is 2.38. The summed E-state index contributed by atoms with van der Waals surface area (Å²) < 4.78 is 42.6. The van der Waals surface area contributed by atoms with Crippen molar-refractivity contribution in [3.05, 3.63) is 47.5 Å². The minimum Gasteiger partial charge on any atom is -0.493 e. The number of carbonyl (C=O) groups excluding carboxylic acids is 1. The van der Waals surface area contributed by atoms with E-state index in [2.05, 4.69) is 10.0 Å². The summed E-state index contributed by atoms with van der Waals surface area (Å²) in [5.41, 5.74) is 0.670. The van der Waals surface area contributed by atoms with E-state index >= 15 is 0 Å². The number of methoxy groups -OCH3 is 3. The number of amides is 1. The zero-order valence-electron chi connectivity index (χ0n) is 16.2. The van der Waals surface area contributed by atoms with Gasteiger partial charge in [-0.15, -0.1) is 0 Å². The molecule has 0 unspecified atom stereocenters. The van der Waals surface area contributed by atoms with Gasteiger partial charge in [0.1, 0.15) is 6.07 Å². The Balaban J connectivity index is 2.03. The van der Waals surface area contributed by atoms with Gasteiger partial charge in [-0.2, -0.15) is 5.26 Å². The van der Waals surface area contributed by atoms with Crippen molar-refractivity contribution in [1.82, 2.24) is 10.0 Å². The van der Waals surface area contributed by atoms with Gasteiger partial charge in [0.15, 0.2) is 11.5 Å². The van der Waals surface area contributed by atoms with Crippen LogP contribution in [0.4, 0.5) is 0 Å². The molecule has 1 amide bonds. The molecule has 2 rings (SSSR count). The van der Waals surface area contributed by atoms with E-state index in [0.29, 0.717) is 22.8 Å². The van der Waals surface area contributed by atoms with Crippen molar-refractivity contribution in [2.45, 2.75) is 11.4 Å². The molecule has 0 radical (unpaired) electrons. The Morgan fingerprint density at radius 1 is 1.07 bits per heavy atom. The number of ether oxygens (including phenoxy) is 3. The Morgan fingerprint density at radius 2 is 1.69 bits per heavy atom. The van der Waals surface area contributed by atoms with E-state index < -0.39 is 22.5 Å². The van der Waals surface area contributed by atoms with Gasteiger partial charge in [-0.3, -0.25) is 4.79 Å². The lowest BCUT2D eigenvalue weighted by Gasteiger charge is -2.14. The number of sulfonamides is 1. The summed E-state index contributed by atoms with van der Waals surface area (Å²) in [6.45, 7) is -0.363. The zero-order valence-corrected chi connectivity index (χ0v) is 17.0. The molecule has 10 heteroatoms. The SMILES string of the molecule is COc1cc(CNC(=O)CNS(=O)(=O)c2ccccc2C#N)cc(OC)c1OC. The Morgan fingerprint density at radius 3 is 2.24 bits per heavy atom. The van der Waals surface area contributed by atoms with E-state index in [9.17, 15) is 13.2 Å². The Hall–Kier alpha value is -3.29. The van der Waals surface area contributed by atoms with E-state index in [4.69, 9.17) is 19.5 Å². The van der Waals surface area contributed by atoms with E-state index in [1.54, 1.807) is 18.2 Å². The second kappa shape index (κ2) is 9.77. The molecule has 2 aromatic rings. The third-order valence-electron chi connectivity index (χ3n) is 3.93. The largest absolute Gasteiger partial charge is 0.493 e. The molecule has 0 aliphatic heterocycles. The van der Waals surface area contributed by atoms with Crippen LogP contribution in [0.25, 0.3) is 0 Å². The molecule has 2 aromatic carbocycles. The minimum absolute atomic E-state index is 0.00201. The van der Waals surface area contributed by atoms with Crippen LogP contribution >= 0.6 is 0 Å². The number of benzene rings is 2. The molecule has 0 atom stereocenters. The van der Waals surface area contributed by atoms with Crippen LogP contribution in [0.15, 0.2) is 41.3 Å². The van der Waals surface area contributed by atoms with Gasteiger partial charge in [0.2, 0.25) is 21.7 Å². The molecule has 0 saturated carbocycles. The van der Waals surface area contributed by atoms with Crippen molar-refractivity contribution in [3.8, 4) is 23.3 Å². The van der Waals surface area contributed by atoms with Crippen molar-refractivity contribution in [2.75, 3.05) is 27.9 Å². The quantitative estimate of drug-likeness (QED) is 0.625. The summed E-state index contributed by atoms with van der Waals surface area (Å²) in [6.07, 6.45) is 0. The van der Waals surface area contributed by atoms with Gasteiger partial charge in [0, 0.05) is 6.54 Å². The lowest BCUT2D eigenvalue weighted by molar-refractivity contribution is -0.120. The fourth-order valence-electron chi connectivity index (χ4n) is 2.53. The molecule has 2 N–H and O–H groups in total. The molecule has 0 heterocycles. The van der Waals surface area contributed by atoms with Crippen molar-refractivity contribution >= 4 is 15.9 Å². The maximum Gasteiger partial charge on any atom is 0.242 e. The normalized spacial score (nSPS) is 10.7. The average molecular weight is 419 g/mol. The summed E-state index contributed by atoms with van der Waals surface area (Å²) in [5.74, 6) is 0.751. The standard InChI is InChI=1S/C19H21N3O6S/c1-26-15-8-13(9-16(27-2)19(15)28-3)11-21-18(23)12-22-29(24,25)17-7-5-4-6-14(17)10-20/h4-9,22H,11-12H2,1-3H3,(H,21,23). The predicted molar refractivity (Wildman–Crippen MR) is 104 cm³/mol. The third-order valence-corrected chi connectivity index (χ3v) is 5.39. The van der Waals surface area contributed by atoms with Crippen molar-refractivity contribution in [3.63, 3.8) is 0 Å². The molecule has 29 heavy (non-hydrogen) atoms. The first kappa shape index (κ1) is 22.0. The van der Waals surface area contributed by atoms with Gasteiger partial charge in [-0.25, -0.2) is 13.1 Å². The highest BCUT2D eigenvalue weighted by atomic mass is 32.2. The molecule has 0 aliphatic carbocycles. The molecule has 0 spiro atoms. The lowest BCUT2D eigenvalue weighted by Crippen LogP contribution is -2.36. The monoisotopic (exact) mass is 419 g/mol. The molecule has 154 valence electrons. The van der Waals surface area contributed by atoms with E-state index in [1.807, 2.05) is 6.07 Å². The Bertz CT molecular complexity index is 1010. The molecular weight excluding hydrogens is 398 g/mol. The van der Waals surface area contributed by atoms with Gasteiger partial charge >= 0.3 is 0 Å². The first-order chi connectivity index (χ1) is 13.9. The summed E-state index contributed by atoms with van der Waals surface area (Å²) in [4.78, 5) is 11.9. The number of nitrogens with one attached hydrogen (secondary N) is 2. The molecule has 0 aromatic heterocycles. The first-order valence-electron chi connectivity index (χ1n) is 8.40. The molecule has 0 saturated heterocycles. The van der Waals surface area contributed by atoms with Crippen LogP contribution in [0.5, 0.6) is 17.2 Å². The van der Waals surface area contributed by atoms with Crippen LogP contribution < -0.4 is 24.2 Å². The molecule has 0 bridgehead atoms. The van der Waals surface area contributed by atoms with E-state index in [1.165, 1.54) is 39.5 Å². The smallest absolute Gasteiger partial charge is 0.242 e. The summed E-state index contributed by atoms with van der Waals surface area (Å²) >= 11 is 0. The van der Waals surface area contributed by atoms with Crippen molar-refractivity contribution < 1.29 is 27.4 Å². The number of nitriles is 1. The second-order valence-electron chi connectivity index (χ2n) is 5.74. The average Bonchev–Trinajstić information content (AvgIpc) is 2.75. The van der Waals surface area contributed by atoms with Gasteiger partial charge < -0.3 is 19.5 Å². The molecular formula is C19H21N3O6S. The van der Waals surface area contributed by atoms with Gasteiger partial charge in [-0.1, -0.05) is 12.1 Å². The van der Waals surface area contributed by atoms with Crippen LogP contribution in [0.2, 0.25) is 0 Å². The van der Waals surface area contributed by atoms with Crippen LogP contribution in [0.3, 0.4) is 0 Å². The summed E-state index contributed by atoms with van der Waals surface area (Å²) in [5, 5.41) is 11.7. The van der Waals surface area contributed by atoms with Crippen molar-refractivity contribution in [2.24, 2.45) is 0 Å². The third kappa shape index (κ3) is 5.37. The van der Waals surface area contributed by atoms with Gasteiger partial charge in [-0.05, 0) is 29.8 Å². The first-order valence-corrected chi connectivity index (χ1v) is 9.89. The zero-order chi connectivity index (χ0) is 21.4. The number of hydrogen-bond acceptors (Lipinski definition) is 7. The molecule has 0 aliphatic rings. The maximum absolute atomic E-state index is 12.3. The van der Waals surface area contributed by atoms with Gasteiger partial charge in [0.25, 0.3) is 0 Å². The van der Waals surface area contributed by atoms with Gasteiger partial charge in [0.05, 0.1) is 38.3 Å². The molecule has 9 nitrogen and oxygen atoms in total. The second-order valence-corrected chi connectivity index (χ2v) is 7.48. The number of hydrogen-bond donors (Lipinski definition) is 2. The number of rotatable bonds is 9. The minimum atomic E-state index is -4.00. The fraction of sp³-hybridized carbons (Fsp3) is 0.263. The van der Waals surface area contributed by atoms with Crippen LogP contribution in [-0.4, -0.2) is 42.2 Å². The molecule has 0 fully saturated rings. The van der Waals surface area contributed by atoms with Crippen LogP contribution in [0.1, 0.15) is 11.1 Å². The van der Waals surface area contributed by atoms with E-state index in [0.717, 1.165) is 0 Å². The number of carbonyl (C=O) groups is 1. The highest BCUT2D eigenvalue weighted by Gasteiger charge is 2.19. The summed E-state index contributed by atoms with van der Waals surface area (Å²) in [6, 6.07) is 10.9. The van der Waals surface area contributed by atoms with E-state index in [-0.39, 0.29) is 17.0 Å². The lowest BCUT2D eigenvalue weighted by atomic mass is 10.1. The fourth-order valence-corrected chi connectivity index (χ4v) is 3.67. The van der Waals surface area contributed by atoms with Crippen LogP contribution in [0, 0.1) is 11.3 Å². The topological polar surface area (TPSA) is 127 Å². The Kier molecular flexibility index (Phi) is 7.41. The Labute approximate surface area is 169 Å². The number of nitrogens with zero attached hydrogens (tertiary/aromatic N) is 1. The van der Waals surface area contributed by atoms with Crippen molar-refractivity contribution in [1.29, 1.82) is 5.26 Å². The maximum atomic E-state index is 12.3. The van der Waals surface area contributed by atoms with Crippen LogP contribution in [-0.2, 0) is 21.4 Å².